The summed E-state index contributed by atoms with van der Waals surface area (Å²) in [4.78, 5) is 2.49. The van der Waals surface area contributed by atoms with Crippen molar-refractivity contribution in [3.8, 4) is 0 Å². The lowest BCUT2D eigenvalue weighted by Gasteiger charge is -2.31. The van der Waals surface area contributed by atoms with E-state index in [1.165, 1.54) is 17.3 Å². The lowest BCUT2D eigenvalue weighted by molar-refractivity contribution is 0.134. The van der Waals surface area contributed by atoms with E-state index in [9.17, 15) is 0 Å². The number of hydrogen-bond donors (Lipinski definition) is 1. The van der Waals surface area contributed by atoms with E-state index in [2.05, 4.69) is 35.2 Å². The van der Waals surface area contributed by atoms with Crippen molar-refractivity contribution in [3.63, 3.8) is 0 Å². The molecule has 1 N–H and O–H groups in total. The summed E-state index contributed by atoms with van der Waals surface area (Å²) in [6.45, 7) is 2.08. The molecule has 90 valence electrons. The highest BCUT2D eigenvalue weighted by atomic mass is 32.2. The minimum atomic E-state index is 0.243. The fourth-order valence-corrected chi connectivity index (χ4v) is 3.52. The van der Waals surface area contributed by atoms with Crippen LogP contribution in [-0.2, 0) is 11.3 Å². The molecule has 0 bridgehead atoms. The quantitative estimate of drug-likeness (QED) is 0.872. The predicted octanol–water partition coefficient (Wildman–Crippen LogP) is 2.33. The Morgan fingerprint density at radius 2 is 2.18 bits per heavy atom. The van der Waals surface area contributed by atoms with Crippen LogP contribution in [-0.4, -0.2) is 34.6 Å². The van der Waals surface area contributed by atoms with Crippen molar-refractivity contribution in [2.45, 2.75) is 25.1 Å². The van der Waals surface area contributed by atoms with Crippen LogP contribution in [0.3, 0.4) is 0 Å². The van der Waals surface area contributed by atoms with Crippen LogP contribution in [0.15, 0.2) is 30.3 Å². The van der Waals surface area contributed by atoms with Gasteiger partial charge in [0.25, 0.3) is 0 Å². The topological polar surface area (TPSA) is 36.3 Å². The Kier molecular flexibility index (Phi) is 3.07. The van der Waals surface area contributed by atoms with Crippen LogP contribution in [0.25, 0.3) is 0 Å². The fourth-order valence-electron chi connectivity index (χ4n) is 2.58. The predicted molar refractivity (Wildman–Crippen MR) is 70.3 cm³/mol. The van der Waals surface area contributed by atoms with Crippen LogP contribution in [0.1, 0.15) is 12.0 Å². The van der Waals surface area contributed by atoms with Crippen LogP contribution in [0.5, 0.6) is 0 Å². The zero-order chi connectivity index (χ0) is 11.7. The van der Waals surface area contributed by atoms with Crippen molar-refractivity contribution in [1.29, 1.82) is 5.41 Å². The Bertz CT molecular complexity index is 409. The van der Waals surface area contributed by atoms with Gasteiger partial charge in [0.1, 0.15) is 6.10 Å². The summed E-state index contributed by atoms with van der Waals surface area (Å²) >= 11 is 1.53. The van der Waals surface area contributed by atoms with Crippen molar-refractivity contribution in [2.75, 3.05) is 12.3 Å². The van der Waals surface area contributed by atoms with E-state index in [-0.39, 0.29) is 6.10 Å². The van der Waals surface area contributed by atoms with Gasteiger partial charge in [0.2, 0.25) is 5.23 Å². The van der Waals surface area contributed by atoms with E-state index in [0.29, 0.717) is 11.3 Å². The fraction of sp³-hybridized carbons (Fsp3) is 0.462. The molecule has 4 heteroatoms. The minimum absolute atomic E-state index is 0.243. The van der Waals surface area contributed by atoms with E-state index < -0.39 is 0 Å². The van der Waals surface area contributed by atoms with Gasteiger partial charge >= 0.3 is 0 Å². The zero-order valence-corrected chi connectivity index (χ0v) is 10.5. The highest BCUT2D eigenvalue weighted by molar-refractivity contribution is 8.13. The van der Waals surface area contributed by atoms with Gasteiger partial charge in [-0.2, -0.15) is 0 Å². The van der Waals surface area contributed by atoms with Crippen molar-refractivity contribution < 1.29 is 4.74 Å². The molecule has 0 saturated carbocycles. The van der Waals surface area contributed by atoms with E-state index in [1.54, 1.807) is 0 Å². The number of nitrogens with one attached hydrogen (secondary N) is 1. The van der Waals surface area contributed by atoms with Gasteiger partial charge in [-0.05, 0) is 12.0 Å². The second-order valence-electron chi connectivity index (χ2n) is 4.57. The van der Waals surface area contributed by atoms with E-state index in [1.807, 2.05) is 0 Å². The molecule has 2 aliphatic heterocycles. The molecule has 2 heterocycles. The third kappa shape index (κ3) is 2.33. The summed E-state index contributed by atoms with van der Waals surface area (Å²) in [6, 6.07) is 11.1. The first kappa shape index (κ1) is 11.1. The summed E-state index contributed by atoms with van der Waals surface area (Å²) < 4.78 is 5.58. The Hall–Kier alpha value is -1.00. The van der Waals surface area contributed by atoms with Gasteiger partial charge in [-0.1, -0.05) is 42.1 Å². The van der Waals surface area contributed by atoms with Crippen LogP contribution in [0.4, 0.5) is 0 Å². The van der Waals surface area contributed by atoms with E-state index >= 15 is 0 Å². The summed E-state index contributed by atoms with van der Waals surface area (Å²) in [5.41, 5.74) is 1.36. The Morgan fingerprint density at radius 1 is 1.35 bits per heavy atom. The normalized spacial score (nSPS) is 28.8. The summed E-state index contributed by atoms with van der Waals surface area (Å²) in [6.07, 6.45) is 1.30. The number of thioether (sulfide) groups is 1. The van der Waals surface area contributed by atoms with Gasteiger partial charge in [-0.15, -0.1) is 0 Å². The lowest BCUT2D eigenvalue weighted by atomic mass is 10.1. The molecule has 17 heavy (non-hydrogen) atoms. The van der Waals surface area contributed by atoms with Crippen molar-refractivity contribution in [2.24, 2.45) is 0 Å². The van der Waals surface area contributed by atoms with Gasteiger partial charge < -0.3 is 4.74 Å². The van der Waals surface area contributed by atoms with E-state index in [0.717, 1.165) is 25.3 Å². The maximum absolute atomic E-state index is 7.55. The molecule has 2 atom stereocenters. The molecule has 0 unspecified atom stereocenters. The van der Waals surface area contributed by atoms with Crippen molar-refractivity contribution in [3.05, 3.63) is 35.9 Å². The van der Waals surface area contributed by atoms with E-state index in [4.69, 9.17) is 10.1 Å². The van der Waals surface area contributed by atoms with Crippen LogP contribution < -0.4 is 0 Å². The van der Waals surface area contributed by atoms with Crippen molar-refractivity contribution >= 4 is 17.0 Å². The smallest absolute Gasteiger partial charge is 0.243 e. The number of ether oxygens (including phenoxy) is 1. The molecule has 1 aromatic rings. The number of nitrogens with zero attached hydrogens (tertiary/aromatic N) is 1. The average molecular weight is 248 g/mol. The van der Waals surface area contributed by atoms with Gasteiger partial charge in [0, 0.05) is 18.8 Å². The second-order valence-corrected chi connectivity index (χ2v) is 5.56. The number of hydrogen-bond acceptors (Lipinski definition) is 4. The zero-order valence-electron chi connectivity index (χ0n) is 9.63. The Balaban J connectivity index is 1.68. The highest BCUT2D eigenvalue weighted by Crippen LogP contribution is 2.31. The Morgan fingerprint density at radius 3 is 3.00 bits per heavy atom. The standard InChI is InChI=1S/C13H16N2OS/c14-13-16-12-6-7-15(11(12)9-17-13)8-10-4-2-1-3-5-10/h1-5,11-12,14H,6-9H2/t11-,12-/m0/s1. The number of rotatable bonds is 2. The largest absolute Gasteiger partial charge is 0.468 e. The molecule has 1 aromatic carbocycles. The first-order valence-corrected chi connectivity index (χ1v) is 6.97. The van der Waals surface area contributed by atoms with Crippen LogP contribution >= 0.6 is 11.8 Å². The molecule has 3 nitrogen and oxygen atoms in total. The van der Waals surface area contributed by atoms with Gasteiger partial charge in [-0.25, -0.2) is 0 Å². The molecule has 0 spiro atoms. The molecule has 3 rings (SSSR count). The maximum atomic E-state index is 7.55. The molecule has 2 aliphatic rings. The first-order chi connectivity index (χ1) is 8.33. The SMILES string of the molecule is N=C1O[C@H]2CCN(Cc3ccccc3)[C@H]2CS1. The van der Waals surface area contributed by atoms with Crippen LogP contribution in [0.2, 0.25) is 0 Å². The number of likely N-dealkylation sites (tertiary alicyclic amines) is 1. The average Bonchev–Trinajstić information content (AvgIpc) is 2.73. The Labute approximate surface area is 106 Å². The summed E-state index contributed by atoms with van der Waals surface area (Å²) in [7, 11) is 0. The second kappa shape index (κ2) is 4.70. The molecule has 0 aromatic heterocycles. The summed E-state index contributed by atoms with van der Waals surface area (Å²) in [5, 5.41) is 7.95. The lowest BCUT2D eigenvalue weighted by Crippen LogP contribution is -2.41. The molecular weight excluding hydrogens is 232 g/mol. The maximum Gasteiger partial charge on any atom is 0.243 e. The monoisotopic (exact) mass is 248 g/mol. The highest BCUT2D eigenvalue weighted by Gasteiger charge is 2.39. The molecule has 2 fully saturated rings. The van der Waals surface area contributed by atoms with Crippen molar-refractivity contribution in [1.82, 2.24) is 4.90 Å². The molecule has 2 saturated heterocycles. The molecule has 0 radical (unpaired) electrons. The van der Waals surface area contributed by atoms with Gasteiger partial charge in [0.05, 0.1) is 6.04 Å². The van der Waals surface area contributed by atoms with Gasteiger partial charge in [0.15, 0.2) is 0 Å². The van der Waals surface area contributed by atoms with Gasteiger partial charge in [-0.3, -0.25) is 10.3 Å². The third-order valence-electron chi connectivity index (χ3n) is 3.47. The molecule has 0 amide bonds. The number of fused-ring (bicyclic) bond motifs is 1. The third-order valence-corrected chi connectivity index (χ3v) is 4.34. The summed E-state index contributed by atoms with van der Waals surface area (Å²) in [5.74, 6) is 0.996. The minimum Gasteiger partial charge on any atom is -0.468 e. The number of benzene rings is 1. The first-order valence-electron chi connectivity index (χ1n) is 5.99. The molecular formula is C13H16N2OS. The molecule has 0 aliphatic carbocycles. The van der Waals surface area contributed by atoms with Crippen LogP contribution in [0, 0.1) is 5.41 Å².